The fraction of sp³-hybridized carbons (Fsp3) is 0.222. The molecule has 1 heterocycles. The minimum atomic E-state index is -0.0134. The van der Waals surface area contributed by atoms with E-state index < -0.39 is 0 Å². The third-order valence-corrected chi connectivity index (χ3v) is 3.90. The lowest BCUT2D eigenvalue weighted by molar-refractivity contribution is -0.116. The third-order valence-electron chi connectivity index (χ3n) is 3.90. The Kier molecular flexibility index (Phi) is 3.92. The zero-order valence-corrected chi connectivity index (χ0v) is 12.5. The van der Waals surface area contributed by atoms with Crippen LogP contribution in [0.1, 0.15) is 23.1 Å². The highest BCUT2D eigenvalue weighted by Crippen LogP contribution is 2.26. The number of anilines is 2. The summed E-state index contributed by atoms with van der Waals surface area (Å²) in [4.78, 5) is 23.4. The van der Waals surface area contributed by atoms with E-state index in [-0.39, 0.29) is 11.8 Å². The van der Waals surface area contributed by atoms with Gasteiger partial charge in [0.25, 0.3) is 0 Å². The molecule has 4 heteroatoms. The molecule has 0 aliphatic carbocycles. The van der Waals surface area contributed by atoms with Crippen LogP contribution in [-0.4, -0.2) is 11.8 Å². The number of carbonyl (C=O) groups excluding carboxylic acids is 2. The Morgan fingerprint density at radius 1 is 1.23 bits per heavy atom. The third kappa shape index (κ3) is 3.17. The lowest BCUT2D eigenvalue weighted by Gasteiger charge is -2.08. The predicted octanol–water partition coefficient (Wildman–Crippen LogP) is 3.06. The minimum absolute atomic E-state index is 0.00182. The Hall–Kier alpha value is -2.62. The summed E-state index contributed by atoms with van der Waals surface area (Å²) in [7, 11) is 0. The van der Waals surface area contributed by atoms with Crippen molar-refractivity contribution in [1.82, 2.24) is 0 Å². The van der Waals surface area contributed by atoms with Crippen molar-refractivity contribution in [2.45, 2.75) is 26.2 Å². The summed E-state index contributed by atoms with van der Waals surface area (Å²) < 4.78 is 0. The molecule has 22 heavy (non-hydrogen) atoms. The van der Waals surface area contributed by atoms with E-state index in [1.807, 2.05) is 30.3 Å². The Balaban J connectivity index is 1.60. The number of carbonyl (C=O) groups is 2. The number of amides is 2. The summed E-state index contributed by atoms with van der Waals surface area (Å²) in [6.07, 6.45) is 1.55. The molecular formula is C18H18N2O2. The van der Waals surface area contributed by atoms with Crippen LogP contribution in [0.3, 0.4) is 0 Å². The van der Waals surface area contributed by atoms with Crippen molar-refractivity contribution in [1.29, 1.82) is 0 Å². The van der Waals surface area contributed by atoms with E-state index >= 15 is 0 Å². The van der Waals surface area contributed by atoms with Gasteiger partial charge in [-0.1, -0.05) is 24.3 Å². The molecule has 0 fully saturated rings. The summed E-state index contributed by atoms with van der Waals surface area (Å²) >= 11 is 0. The van der Waals surface area contributed by atoms with E-state index in [0.717, 1.165) is 23.4 Å². The van der Waals surface area contributed by atoms with Crippen molar-refractivity contribution in [3.8, 4) is 0 Å². The molecule has 2 aromatic rings. The van der Waals surface area contributed by atoms with Crippen molar-refractivity contribution < 1.29 is 9.59 Å². The second kappa shape index (κ2) is 6.02. The molecule has 0 aromatic heterocycles. The lowest BCUT2D eigenvalue weighted by Crippen LogP contribution is -2.12. The van der Waals surface area contributed by atoms with Crippen LogP contribution in [0.5, 0.6) is 0 Å². The first-order valence-corrected chi connectivity index (χ1v) is 7.39. The number of benzene rings is 2. The quantitative estimate of drug-likeness (QED) is 0.910. The van der Waals surface area contributed by atoms with Gasteiger partial charge in [-0.05, 0) is 48.2 Å². The average Bonchev–Trinajstić information content (AvgIpc) is 2.86. The molecule has 2 aromatic carbocycles. The molecule has 2 N–H and O–H groups in total. The summed E-state index contributed by atoms with van der Waals surface area (Å²) in [5.74, 6) is -0.0153. The first-order chi connectivity index (χ1) is 10.6. The number of hydrogen-bond donors (Lipinski definition) is 2. The molecule has 0 unspecified atom stereocenters. The Labute approximate surface area is 129 Å². The van der Waals surface area contributed by atoms with Crippen LogP contribution in [0.2, 0.25) is 0 Å². The number of hydrogen-bond acceptors (Lipinski definition) is 2. The molecule has 1 aliphatic heterocycles. The molecule has 3 rings (SSSR count). The molecule has 0 radical (unpaired) electrons. The molecule has 1 aliphatic rings. The van der Waals surface area contributed by atoms with E-state index in [0.29, 0.717) is 12.8 Å². The maximum Gasteiger partial charge on any atom is 0.228 e. The molecule has 0 saturated carbocycles. The standard InChI is InChI=1S/C18H18N2O2/c1-12-4-2-3-5-13(12)6-9-17(21)19-15-7-8-16-14(10-15)11-18(22)20-16/h2-5,7-8,10H,6,9,11H2,1H3,(H,19,21)(H,20,22). The van der Waals surface area contributed by atoms with Gasteiger partial charge >= 0.3 is 0 Å². The number of rotatable bonds is 4. The Bertz CT molecular complexity index is 738. The van der Waals surface area contributed by atoms with Crippen molar-refractivity contribution in [3.05, 3.63) is 59.2 Å². The zero-order chi connectivity index (χ0) is 15.5. The maximum atomic E-state index is 12.1. The molecule has 0 spiro atoms. The second-order valence-corrected chi connectivity index (χ2v) is 5.57. The van der Waals surface area contributed by atoms with Crippen LogP contribution in [0, 0.1) is 6.92 Å². The molecule has 0 atom stereocenters. The van der Waals surface area contributed by atoms with Gasteiger partial charge in [0.05, 0.1) is 6.42 Å². The molecule has 4 nitrogen and oxygen atoms in total. The summed E-state index contributed by atoms with van der Waals surface area (Å²) in [5.41, 5.74) is 4.91. The van der Waals surface area contributed by atoms with Gasteiger partial charge in [-0.15, -0.1) is 0 Å². The first kappa shape index (κ1) is 14.3. The SMILES string of the molecule is Cc1ccccc1CCC(=O)Nc1ccc2c(c1)CC(=O)N2. The van der Waals surface area contributed by atoms with E-state index in [1.165, 1.54) is 11.1 Å². The summed E-state index contributed by atoms with van der Waals surface area (Å²) in [6.45, 7) is 2.05. The maximum absolute atomic E-state index is 12.1. The predicted molar refractivity (Wildman–Crippen MR) is 86.9 cm³/mol. The topological polar surface area (TPSA) is 58.2 Å². The Morgan fingerprint density at radius 2 is 2.05 bits per heavy atom. The minimum Gasteiger partial charge on any atom is -0.326 e. The van der Waals surface area contributed by atoms with E-state index in [2.05, 4.69) is 29.7 Å². The second-order valence-electron chi connectivity index (χ2n) is 5.57. The fourth-order valence-corrected chi connectivity index (χ4v) is 2.67. The van der Waals surface area contributed by atoms with Gasteiger partial charge < -0.3 is 10.6 Å². The highest BCUT2D eigenvalue weighted by Gasteiger charge is 2.17. The van der Waals surface area contributed by atoms with Gasteiger partial charge in [-0.3, -0.25) is 9.59 Å². The van der Waals surface area contributed by atoms with Gasteiger partial charge in [0, 0.05) is 17.8 Å². The smallest absolute Gasteiger partial charge is 0.228 e. The van der Waals surface area contributed by atoms with E-state index in [4.69, 9.17) is 0 Å². The van der Waals surface area contributed by atoms with Crippen molar-refractivity contribution in [2.75, 3.05) is 10.6 Å². The largest absolute Gasteiger partial charge is 0.326 e. The highest BCUT2D eigenvalue weighted by atomic mass is 16.2. The molecule has 112 valence electrons. The molecule has 2 amide bonds. The molecule has 0 bridgehead atoms. The van der Waals surface area contributed by atoms with Gasteiger partial charge in [-0.25, -0.2) is 0 Å². The zero-order valence-electron chi connectivity index (χ0n) is 12.5. The van der Waals surface area contributed by atoms with Crippen LogP contribution >= 0.6 is 0 Å². The van der Waals surface area contributed by atoms with Crippen molar-refractivity contribution in [2.24, 2.45) is 0 Å². The van der Waals surface area contributed by atoms with Crippen LogP contribution in [0.25, 0.3) is 0 Å². The molecule has 0 saturated heterocycles. The van der Waals surface area contributed by atoms with Crippen LogP contribution in [0.15, 0.2) is 42.5 Å². The first-order valence-electron chi connectivity index (χ1n) is 7.39. The normalized spacial score (nSPS) is 12.7. The summed E-state index contributed by atoms with van der Waals surface area (Å²) in [6, 6.07) is 13.6. The average molecular weight is 294 g/mol. The number of fused-ring (bicyclic) bond motifs is 1. The van der Waals surface area contributed by atoms with Crippen molar-refractivity contribution >= 4 is 23.2 Å². The van der Waals surface area contributed by atoms with Crippen molar-refractivity contribution in [3.63, 3.8) is 0 Å². The summed E-state index contributed by atoms with van der Waals surface area (Å²) in [5, 5.41) is 5.68. The number of nitrogens with one attached hydrogen (secondary N) is 2. The van der Waals surface area contributed by atoms with Crippen LogP contribution in [0.4, 0.5) is 11.4 Å². The molecular weight excluding hydrogens is 276 g/mol. The van der Waals surface area contributed by atoms with E-state index in [9.17, 15) is 9.59 Å². The van der Waals surface area contributed by atoms with Crippen LogP contribution in [-0.2, 0) is 22.4 Å². The fourth-order valence-electron chi connectivity index (χ4n) is 2.67. The van der Waals surface area contributed by atoms with Gasteiger partial charge in [0.15, 0.2) is 0 Å². The van der Waals surface area contributed by atoms with Gasteiger partial charge in [0.2, 0.25) is 11.8 Å². The Morgan fingerprint density at radius 3 is 2.86 bits per heavy atom. The monoisotopic (exact) mass is 294 g/mol. The van der Waals surface area contributed by atoms with E-state index in [1.54, 1.807) is 0 Å². The lowest BCUT2D eigenvalue weighted by atomic mass is 10.0. The van der Waals surface area contributed by atoms with Gasteiger partial charge in [-0.2, -0.15) is 0 Å². The number of aryl methyl sites for hydroxylation is 2. The van der Waals surface area contributed by atoms with Crippen LogP contribution < -0.4 is 10.6 Å². The highest BCUT2D eigenvalue weighted by molar-refractivity contribution is 6.00. The van der Waals surface area contributed by atoms with Gasteiger partial charge in [0.1, 0.15) is 0 Å².